The fraction of sp³-hybridized carbons (Fsp3) is 0.438. The van der Waals surface area contributed by atoms with E-state index in [4.69, 9.17) is 0 Å². The van der Waals surface area contributed by atoms with Crippen LogP contribution in [0.2, 0.25) is 0 Å². The van der Waals surface area contributed by atoms with Crippen molar-refractivity contribution in [3.63, 3.8) is 0 Å². The summed E-state index contributed by atoms with van der Waals surface area (Å²) in [7, 11) is 0. The molecular formula is C16H20O. The number of hydrogen-bond donors (Lipinski definition) is 0. The van der Waals surface area contributed by atoms with Crippen LogP contribution in [0, 0.1) is 11.8 Å². The molecule has 0 radical (unpaired) electrons. The molecule has 0 aromatic heterocycles. The summed E-state index contributed by atoms with van der Waals surface area (Å²) in [6.45, 7) is 2.35. The van der Waals surface area contributed by atoms with Crippen molar-refractivity contribution in [2.45, 2.75) is 32.6 Å². The van der Waals surface area contributed by atoms with E-state index >= 15 is 0 Å². The molecule has 0 spiro atoms. The molecule has 0 heterocycles. The topological polar surface area (TPSA) is 17.1 Å². The zero-order valence-electron chi connectivity index (χ0n) is 10.4. The Bertz CT molecular complexity index is 380. The number of benzene rings is 1. The second kappa shape index (κ2) is 5.81. The summed E-state index contributed by atoms with van der Waals surface area (Å²) in [4.78, 5) is 10.5. The number of aldehydes is 1. The third-order valence-electron chi connectivity index (χ3n) is 3.69. The van der Waals surface area contributed by atoms with E-state index in [9.17, 15) is 4.79 Å². The highest BCUT2D eigenvalue weighted by Crippen LogP contribution is 2.29. The van der Waals surface area contributed by atoms with Crippen LogP contribution in [0.15, 0.2) is 30.3 Å². The minimum absolute atomic E-state index is 0.744. The smallest absolute Gasteiger partial charge is 0.150 e. The van der Waals surface area contributed by atoms with Gasteiger partial charge in [0.1, 0.15) is 6.29 Å². The molecule has 0 aliphatic heterocycles. The van der Waals surface area contributed by atoms with E-state index in [1.807, 2.05) is 24.3 Å². The first-order chi connectivity index (χ1) is 8.28. The molecule has 1 aromatic carbocycles. The van der Waals surface area contributed by atoms with Crippen LogP contribution in [0.3, 0.4) is 0 Å². The molecule has 0 unspecified atom stereocenters. The van der Waals surface area contributed by atoms with Gasteiger partial charge in [0.25, 0.3) is 0 Å². The summed E-state index contributed by atoms with van der Waals surface area (Å²) >= 11 is 0. The third kappa shape index (κ3) is 3.55. The molecule has 90 valence electrons. The summed E-state index contributed by atoms with van der Waals surface area (Å²) in [5.41, 5.74) is 1.93. The lowest BCUT2D eigenvalue weighted by atomic mass is 9.83. The highest BCUT2D eigenvalue weighted by atomic mass is 16.1. The van der Waals surface area contributed by atoms with Crippen molar-refractivity contribution in [3.8, 4) is 0 Å². The largest absolute Gasteiger partial charge is 0.298 e. The molecule has 0 bridgehead atoms. The van der Waals surface area contributed by atoms with Crippen LogP contribution in [0.4, 0.5) is 0 Å². The molecule has 1 heteroatoms. The fourth-order valence-corrected chi connectivity index (χ4v) is 2.41. The van der Waals surface area contributed by atoms with E-state index in [2.05, 4.69) is 19.1 Å². The van der Waals surface area contributed by atoms with Crippen LogP contribution >= 0.6 is 0 Å². The van der Waals surface area contributed by atoms with Crippen molar-refractivity contribution in [2.24, 2.45) is 11.8 Å². The predicted molar refractivity (Wildman–Crippen MR) is 72.0 cm³/mol. The van der Waals surface area contributed by atoms with Gasteiger partial charge >= 0.3 is 0 Å². The van der Waals surface area contributed by atoms with Gasteiger partial charge in [0.15, 0.2) is 0 Å². The number of allylic oxidation sites excluding steroid dienone is 1. The first-order valence-corrected chi connectivity index (χ1v) is 6.51. The number of hydrogen-bond acceptors (Lipinski definition) is 1. The van der Waals surface area contributed by atoms with Gasteiger partial charge in [0.05, 0.1) is 0 Å². The maximum absolute atomic E-state index is 10.5. The van der Waals surface area contributed by atoms with Crippen LogP contribution in [-0.2, 0) is 0 Å². The van der Waals surface area contributed by atoms with Gasteiger partial charge < -0.3 is 0 Å². The van der Waals surface area contributed by atoms with E-state index in [1.165, 1.54) is 31.2 Å². The Morgan fingerprint density at radius 3 is 2.18 bits per heavy atom. The number of carbonyl (C=O) groups is 1. The molecule has 1 nitrogen and oxygen atoms in total. The van der Waals surface area contributed by atoms with Crippen molar-refractivity contribution in [1.29, 1.82) is 0 Å². The van der Waals surface area contributed by atoms with Crippen LogP contribution in [0.1, 0.15) is 48.5 Å². The first kappa shape index (κ1) is 12.1. The van der Waals surface area contributed by atoms with E-state index in [0.717, 1.165) is 23.7 Å². The molecule has 1 saturated carbocycles. The average molecular weight is 228 g/mol. The Hall–Kier alpha value is -1.37. The van der Waals surface area contributed by atoms with E-state index in [1.54, 1.807) is 0 Å². The van der Waals surface area contributed by atoms with Gasteiger partial charge in [-0.2, -0.15) is 0 Å². The molecule has 0 amide bonds. The Morgan fingerprint density at radius 2 is 1.59 bits per heavy atom. The minimum Gasteiger partial charge on any atom is -0.298 e. The maximum Gasteiger partial charge on any atom is 0.150 e. The standard InChI is InChI=1S/C16H20O/c1-13-2-4-14(5-3-13)6-7-15-8-10-16(12-17)11-9-15/h6-14H,2-5H2,1H3/b7-6+. The molecule has 1 aliphatic carbocycles. The molecular weight excluding hydrogens is 208 g/mol. The van der Waals surface area contributed by atoms with Gasteiger partial charge in [-0.25, -0.2) is 0 Å². The van der Waals surface area contributed by atoms with E-state index < -0.39 is 0 Å². The summed E-state index contributed by atoms with van der Waals surface area (Å²) in [5.74, 6) is 1.66. The number of carbonyl (C=O) groups excluding carboxylic acids is 1. The SMILES string of the molecule is CC1CCC(/C=C/c2ccc(C=O)cc2)CC1. The Balaban J connectivity index is 1.93. The van der Waals surface area contributed by atoms with Gasteiger partial charge in [0, 0.05) is 5.56 Å². The minimum atomic E-state index is 0.744. The molecule has 17 heavy (non-hydrogen) atoms. The second-order valence-corrected chi connectivity index (χ2v) is 5.16. The molecule has 0 N–H and O–H groups in total. The quantitative estimate of drug-likeness (QED) is 0.703. The van der Waals surface area contributed by atoms with Crippen molar-refractivity contribution < 1.29 is 4.79 Å². The summed E-state index contributed by atoms with van der Waals surface area (Å²) in [5, 5.41) is 0. The molecule has 0 atom stereocenters. The van der Waals surface area contributed by atoms with Crippen LogP contribution in [0.25, 0.3) is 6.08 Å². The highest BCUT2D eigenvalue weighted by Gasteiger charge is 2.15. The van der Waals surface area contributed by atoms with Crippen molar-refractivity contribution in [2.75, 3.05) is 0 Å². The molecule has 0 saturated heterocycles. The molecule has 1 aliphatic rings. The maximum atomic E-state index is 10.5. The number of rotatable bonds is 3. The Morgan fingerprint density at radius 1 is 1.00 bits per heavy atom. The van der Waals surface area contributed by atoms with Crippen LogP contribution < -0.4 is 0 Å². The Kier molecular flexibility index (Phi) is 4.13. The summed E-state index contributed by atoms with van der Waals surface area (Å²) in [6, 6.07) is 7.75. The lowest BCUT2D eigenvalue weighted by molar-refractivity contribution is 0.112. The normalized spacial score (nSPS) is 25.0. The lowest BCUT2D eigenvalue weighted by Crippen LogP contribution is -2.09. The molecule has 2 rings (SSSR count). The van der Waals surface area contributed by atoms with Crippen LogP contribution in [0.5, 0.6) is 0 Å². The van der Waals surface area contributed by atoms with E-state index in [0.29, 0.717) is 0 Å². The van der Waals surface area contributed by atoms with Gasteiger partial charge in [-0.3, -0.25) is 4.79 Å². The zero-order chi connectivity index (χ0) is 12.1. The van der Waals surface area contributed by atoms with Crippen LogP contribution in [-0.4, -0.2) is 6.29 Å². The van der Waals surface area contributed by atoms with Gasteiger partial charge in [0.2, 0.25) is 0 Å². The molecule has 1 aromatic rings. The summed E-state index contributed by atoms with van der Waals surface area (Å²) in [6.07, 6.45) is 10.8. The fourth-order valence-electron chi connectivity index (χ4n) is 2.41. The predicted octanol–water partition coefficient (Wildman–Crippen LogP) is 4.34. The second-order valence-electron chi connectivity index (χ2n) is 5.16. The average Bonchev–Trinajstić information content (AvgIpc) is 2.39. The van der Waals surface area contributed by atoms with Crippen molar-refractivity contribution in [3.05, 3.63) is 41.5 Å². The van der Waals surface area contributed by atoms with Gasteiger partial charge in [-0.1, -0.05) is 56.2 Å². The Labute approximate surface area is 104 Å². The monoisotopic (exact) mass is 228 g/mol. The summed E-state index contributed by atoms with van der Waals surface area (Å²) < 4.78 is 0. The highest BCUT2D eigenvalue weighted by molar-refractivity contribution is 5.75. The zero-order valence-corrected chi connectivity index (χ0v) is 10.4. The van der Waals surface area contributed by atoms with Gasteiger partial charge in [-0.15, -0.1) is 0 Å². The first-order valence-electron chi connectivity index (χ1n) is 6.51. The van der Waals surface area contributed by atoms with Crippen molar-refractivity contribution in [1.82, 2.24) is 0 Å². The van der Waals surface area contributed by atoms with Gasteiger partial charge in [-0.05, 0) is 30.2 Å². The third-order valence-corrected chi connectivity index (χ3v) is 3.69. The van der Waals surface area contributed by atoms with E-state index in [-0.39, 0.29) is 0 Å². The van der Waals surface area contributed by atoms with Crippen molar-refractivity contribution >= 4 is 12.4 Å². The lowest BCUT2D eigenvalue weighted by Gasteiger charge is -2.23. The molecule has 1 fully saturated rings.